The molecule has 1 aliphatic carbocycles. The van der Waals surface area contributed by atoms with Gasteiger partial charge in [0.1, 0.15) is 17.4 Å². The molecule has 0 amide bonds. The number of nitrogen functional groups attached to an aromatic ring is 1. The van der Waals surface area contributed by atoms with E-state index in [0.29, 0.717) is 11.5 Å². The minimum absolute atomic E-state index is 0.0982. The van der Waals surface area contributed by atoms with Crippen molar-refractivity contribution in [3.05, 3.63) is 90.1 Å². The molecule has 198 valence electrons. The number of hydrazine groups is 1. The summed E-state index contributed by atoms with van der Waals surface area (Å²) in [6.45, 7) is 0.809. The molecular formula is C28H30N10O. The van der Waals surface area contributed by atoms with E-state index in [4.69, 9.17) is 32.0 Å². The fraction of sp³-hybridized carbons (Fsp3) is 0.214. The smallest absolute Gasteiger partial charge is 0.167 e. The average Bonchev–Trinajstić information content (AvgIpc) is 3.67. The molecule has 39 heavy (non-hydrogen) atoms. The first-order valence-corrected chi connectivity index (χ1v) is 12.9. The van der Waals surface area contributed by atoms with Crippen molar-refractivity contribution >= 4 is 17.0 Å². The van der Waals surface area contributed by atoms with Crippen molar-refractivity contribution in [3.63, 3.8) is 0 Å². The van der Waals surface area contributed by atoms with Gasteiger partial charge in [0.05, 0.1) is 17.9 Å². The summed E-state index contributed by atoms with van der Waals surface area (Å²) in [5.41, 5.74) is 20.9. The van der Waals surface area contributed by atoms with Gasteiger partial charge >= 0.3 is 0 Å². The zero-order valence-corrected chi connectivity index (χ0v) is 21.4. The highest BCUT2D eigenvalue weighted by atomic mass is 16.5. The monoisotopic (exact) mass is 522 g/mol. The summed E-state index contributed by atoms with van der Waals surface area (Å²) in [5.74, 6) is 6.90. The van der Waals surface area contributed by atoms with Gasteiger partial charge in [-0.2, -0.15) is 5.10 Å². The van der Waals surface area contributed by atoms with Gasteiger partial charge in [-0.25, -0.2) is 19.6 Å². The highest BCUT2D eigenvalue weighted by molar-refractivity contribution is 5.83. The van der Waals surface area contributed by atoms with Crippen molar-refractivity contribution in [3.8, 4) is 22.9 Å². The van der Waals surface area contributed by atoms with Crippen molar-refractivity contribution < 1.29 is 4.74 Å². The lowest BCUT2D eigenvalue weighted by Crippen LogP contribution is -2.34. The van der Waals surface area contributed by atoms with Crippen LogP contribution in [0.5, 0.6) is 0 Å². The number of fused-ring (bicyclic) bond motifs is 2. The van der Waals surface area contributed by atoms with Crippen LogP contribution in [0.1, 0.15) is 24.0 Å². The van der Waals surface area contributed by atoms with Crippen LogP contribution < -0.4 is 22.7 Å². The van der Waals surface area contributed by atoms with E-state index in [0.717, 1.165) is 59.9 Å². The van der Waals surface area contributed by atoms with E-state index in [1.165, 1.54) is 17.5 Å². The quantitative estimate of drug-likeness (QED) is 0.201. The standard InChI is InChI=1S/C23H19N7.C5H11N3O/c24-21-18(6-2-11-25-21)22-27-19-9-10-20(29-13-3-12-26-29)28-23(19)30(22)17-8-7-15-4-1-5-16(15)14-17;6-4(3-8-7)5-1-2-9-5/h2-3,6-14H,1,4-5H2,(H2,24,25);3,5,8H,1-2,6-7H2/b;4-3-. The Morgan fingerprint density at radius 2 is 1.92 bits per heavy atom. The van der Waals surface area contributed by atoms with Gasteiger partial charge < -0.3 is 21.6 Å². The van der Waals surface area contributed by atoms with E-state index in [9.17, 15) is 0 Å². The number of hydrogen-bond acceptors (Lipinski definition) is 9. The lowest BCUT2D eigenvalue weighted by molar-refractivity contribution is -0.0271. The average molecular weight is 523 g/mol. The fourth-order valence-corrected chi connectivity index (χ4v) is 4.90. The van der Waals surface area contributed by atoms with E-state index in [1.807, 2.05) is 36.5 Å². The third-order valence-electron chi connectivity index (χ3n) is 6.97. The third kappa shape index (κ3) is 4.80. The van der Waals surface area contributed by atoms with Crippen LogP contribution in [0.15, 0.2) is 79.0 Å². The van der Waals surface area contributed by atoms with Crippen molar-refractivity contribution in [2.75, 3.05) is 12.3 Å². The molecule has 5 aromatic rings. The Morgan fingerprint density at radius 1 is 1.05 bits per heavy atom. The number of nitrogens with zero attached hydrogens (tertiary/aromatic N) is 6. The molecule has 1 fully saturated rings. The Morgan fingerprint density at radius 3 is 2.67 bits per heavy atom. The molecule has 7 rings (SSSR count). The van der Waals surface area contributed by atoms with Crippen LogP contribution in [-0.2, 0) is 17.6 Å². The Kier molecular flexibility index (Phi) is 6.66. The van der Waals surface area contributed by atoms with Crippen LogP contribution in [0, 0.1) is 0 Å². The largest absolute Gasteiger partial charge is 0.399 e. The molecular weight excluding hydrogens is 492 g/mol. The summed E-state index contributed by atoms with van der Waals surface area (Å²) in [6.07, 6.45) is 11.4. The van der Waals surface area contributed by atoms with Gasteiger partial charge in [0.15, 0.2) is 17.3 Å². The first kappa shape index (κ1) is 24.6. The number of pyridine rings is 2. The van der Waals surface area contributed by atoms with Crippen molar-refractivity contribution in [1.82, 2.24) is 34.7 Å². The fourth-order valence-electron chi connectivity index (χ4n) is 4.90. The molecule has 1 aromatic carbocycles. The van der Waals surface area contributed by atoms with E-state index in [2.05, 4.69) is 38.3 Å². The molecule has 7 N–H and O–H groups in total. The summed E-state index contributed by atoms with van der Waals surface area (Å²) in [5, 5.41) is 4.32. The molecule has 0 spiro atoms. The van der Waals surface area contributed by atoms with Crippen LogP contribution in [0.4, 0.5) is 5.82 Å². The van der Waals surface area contributed by atoms with E-state index < -0.39 is 0 Å². The molecule has 4 aromatic heterocycles. The predicted molar refractivity (Wildman–Crippen MR) is 150 cm³/mol. The zero-order chi connectivity index (χ0) is 26.8. The van der Waals surface area contributed by atoms with Gasteiger partial charge in [-0.1, -0.05) is 6.07 Å². The Balaban J connectivity index is 0.000000263. The molecule has 5 heterocycles. The van der Waals surface area contributed by atoms with Gasteiger partial charge in [-0.05, 0) is 72.9 Å². The lowest BCUT2D eigenvalue weighted by Gasteiger charge is -2.26. The number of anilines is 1. The molecule has 1 unspecified atom stereocenters. The Labute approximate surface area is 225 Å². The number of nitrogens with two attached hydrogens (primary N) is 3. The van der Waals surface area contributed by atoms with Crippen molar-refractivity contribution in [2.45, 2.75) is 31.8 Å². The second-order valence-electron chi connectivity index (χ2n) is 9.44. The number of aromatic nitrogens is 6. The molecule has 11 heteroatoms. The number of rotatable bonds is 5. The van der Waals surface area contributed by atoms with Gasteiger partial charge in [0.25, 0.3) is 0 Å². The summed E-state index contributed by atoms with van der Waals surface area (Å²) >= 11 is 0. The summed E-state index contributed by atoms with van der Waals surface area (Å²) in [7, 11) is 0. The van der Waals surface area contributed by atoms with E-state index >= 15 is 0 Å². The van der Waals surface area contributed by atoms with Crippen molar-refractivity contribution in [2.24, 2.45) is 11.6 Å². The summed E-state index contributed by atoms with van der Waals surface area (Å²) in [4.78, 5) is 14.1. The van der Waals surface area contributed by atoms with Crippen molar-refractivity contribution in [1.29, 1.82) is 0 Å². The SMILES string of the molecule is NN/C=C(\N)C1CCO1.Nc1ncccc1-c1nc2ccc(-n3cccn3)nc2n1-c1ccc2c(c1)CCC2. The topological polar surface area (TPSA) is 161 Å². The number of aryl methyl sites for hydroxylation is 2. The highest BCUT2D eigenvalue weighted by Crippen LogP contribution is 2.32. The molecule has 2 aliphatic rings. The molecule has 0 bridgehead atoms. The van der Waals surface area contributed by atoms with Gasteiger partial charge in [-0.3, -0.25) is 10.4 Å². The maximum atomic E-state index is 6.22. The highest BCUT2D eigenvalue weighted by Gasteiger charge is 2.21. The van der Waals surface area contributed by atoms with Crippen LogP contribution in [0.2, 0.25) is 0 Å². The number of benzene rings is 1. The number of nitrogens with one attached hydrogen (secondary N) is 1. The molecule has 1 aliphatic heterocycles. The van der Waals surface area contributed by atoms with Crippen LogP contribution in [0.25, 0.3) is 34.1 Å². The van der Waals surface area contributed by atoms with Crippen LogP contribution >= 0.6 is 0 Å². The summed E-state index contributed by atoms with van der Waals surface area (Å²) in [6, 6.07) is 16.2. The molecule has 0 saturated carbocycles. The van der Waals surface area contributed by atoms with E-state index in [-0.39, 0.29) is 6.10 Å². The maximum absolute atomic E-state index is 6.22. The van der Waals surface area contributed by atoms with Gasteiger partial charge in [0.2, 0.25) is 0 Å². The second kappa shape index (κ2) is 10.6. The second-order valence-corrected chi connectivity index (χ2v) is 9.44. The van der Waals surface area contributed by atoms with Crippen LogP contribution in [-0.4, -0.2) is 42.0 Å². The zero-order valence-electron chi connectivity index (χ0n) is 21.4. The number of imidazole rings is 1. The van der Waals surface area contributed by atoms with Crippen LogP contribution in [0.3, 0.4) is 0 Å². The molecule has 0 radical (unpaired) electrons. The van der Waals surface area contributed by atoms with E-state index in [1.54, 1.807) is 23.3 Å². The summed E-state index contributed by atoms with van der Waals surface area (Å²) < 4.78 is 8.88. The van der Waals surface area contributed by atoms with Gasteiger partial charge in [0, 0.05) is 36.9 Å². The number of hydrogen-bond donors (Lipinski definition) is 4. The Bertz CT molecular complexity index is 1640. The minimum atomic E-state index is 0.0982. The predicted octanol–water partition coefficient (Wildman–Crippen LogP) is 2.78. The minimum Gasteiger partial charge on any atom is -0.399 e. The first-order chi connectivity index (χ1) is 19.1. The van der Waals surface area contributed by atoms with Gasteiger partial charge in [-0.15, -0.1) is 0 Å². The lowest BCUT2D eigenvalue weighted by atomic mass is 10.1. The Hall–Kier alpha value is -4.74. The number of ether oxygens (including phenoxy) is 1. The maximum Gasteiger partial charge on any atom is 0.167 e. The third-order valence-corrected chi connectivity index (χ3v) is 6.97. The molecule has 1 saturated heterocycles. The molecule has 11 nitrogen and oxygen atoms in total. The molecule has 1 atom stereocenters. The first-order valence-electron chi connectivity index (χ1n) is 12.9. The normalized spacial score (nSPS) is 16.3.